The van der Waals surface area contributed by atoms with Gasteiger partial charge in [-0.3, -0.25) is 4.90 Å². The summed E-state index contributed by atoms with van der Waals surface area (Å²) >= 11 is 0. The summed E-state index contributed by atoms with van der Waals surface area (Å²) in [5.41, 5.74) is 5.42. The number of rotatable bonds is 7. The molecule has 130 valence electrons. The Labute approximate surface area is 134 Å². The van der Waals surface area contributed by atoms with Crippen molar-refractivity contribution in [1.82, 2.24) is 9.80 Å². The first-order valence-corrected chi connectivity index (χ1v) is 8.37. The van der Waals surface area contributed by atoms with Crippen LogP contribution in [0.5, 0.6) is 0 Å². The van der Waals surface area contributed by atoms with Crippen molar-refractivity contribution in [3.8, 4) is 0 Å². The Morgan fingerprint density at radius 3 is 2.59 bits per heavy atom. The number of nitrogens with zero attached hydrogens (tertiary/aromatic N) is 2. The minimum atomic E-state index is -0.459. The van der Waals surface area contributed by atoms with Crippen LogP contribution in [0.4, 0.5) is 4.79 Å². The molecule has 0 aromatic heterocycles. The average Bonchev–Trinajstić information content (AvgIpc) is 2.45. The summed E-state index contributed by atoms with van der Waals surface area (Å²) in [4.78, 5) is 16.2. The fourth-order valence-corrected chi connectivity index (χ4v) is 2.43. The van der Waals surface area contributed by atoms with E-state index in [1.54, 1.807) is 4.90 Å². The molecule has 1 aliphatic rings. The van der Waals surface area contributed by atoms with Gasteiger partial charge in [0.25, 0.3) is 0 Å². The van der Waals surface area contributed by atoms with E-state index < -0.39 is 5.60 Å². The topological polar surface area (TPSA) is 68.0 Å². The molecule has 1 saturated heterocycles. The van der Waals surface area contributed by atoms with Crippen molar-refractivity contribution < 1.29 is 14.3 Å². The first kappa shape index (κ1) is 19.2. The Kier molecular flexibility index (Phi) is 8.14. The third kappa shape index (κ3) is 6.94. The van der Waals surface area contributed by atoms with Gasteiger partial charge in [-0.25, -0.2) is 4.79 Å². The Balaban J connectivity index is 2.38. The second kappa shape index (κ2) is 9.33. The van der Waals surface area contributed by atoms with Gasteiger partial charge in [-0.1, -0.05) is 13.3 Å². The number of carbonyl (C=O) groups excluding carboxylic acids is 1. The van der Waals surface area contributed by atoms with Gasteiger partial charge in [-0.15, -0.1) is 0 Å². The molecule has 0 aliphatic carbocycles. The maximum atomic E-state index is 12.1. The minimum Gasteiger partial charge on any atom is -0.444 e. The predicted octanol–water partition coefficient (Wildman–Crippen LogP) is 1.68. The molecule has 1 heterocycles. The zero-order chi connectivity index (χ0) is 16.6. The SMILES string of the molecule is CCCCOCCN1CCN(C(=O)OC(C)(C)C)CC1CN. The van der Waals surface area contributed by atoms with E-state index in [1.807, 2.05) is 20.8 Å². The molecule has 0 radical (unpaired) electrons. The largest absolute Gasteiger partial charge is 0.444 e. The first-order valence-electron chi connectivity index (χ1n) is 8.37. The monoisotopic (exact) mass is 315 g/mol. The van der Waals surface area contributed by atoms with Gasteiger partial charge in [0.1, 0.15) is 5.60 Å². The maximum Gasteiger partial charge on any atom is 0.410 e. The van der Waals surface area contributed by atoms with E-state index in [1.165, 1.54) is 0 Å². The summed E-state index contributed by atoms with van der Waals surface area (Å²) in [5, 5.41) is 0. The highest BCUT2D eigenvalue weighted by Gasteiger charge is 2.30. The molecule has 1 fully saturated rings. The molecule has 1 amide bonds. The number of carbonyl (C=O) groups is 1. The van der Waals surface area contributed by atoms with E-state index in [4.69, 9.17) is 15.2 Å². The van der Waals surface area contributed by atoms with Gasteiger partial charge < -0.3 is 20.1 Å². The second-order valence-electron chi connectivity index (χ2n) is 6.82. The van der Waals surface area contributed by atoms with Crippen molar-refractivity contribution in [3.63, 3.8) is 0 Å². The van der Waals surface area contributed by atoms with Crippen molar-refractivity contribution in [2.24, 2.45) is 5.73 Å². The van der Waals surface area contributed by atoms with Crippen LogP contribution in [0.2, 0.25) is 0 Å². The van der Waals surface area contributed by atoms with E-state index in [0.717, 1.165) is 39.1 Å². The summed E-state index contributed by atoms with van der Waals surface area (Å²) < 4.78 is 11.1. The van der Waals surface area contributed by atoms with Gasteiger partial charge in [-0.05, 0) is 27.2 Å². The van der Waals surface area contributed by atoms with E-state index in [0.29, 0.717) is 19.6 Å². The number of hydrogen-bond acceptors (Lipinski definition) is 5. The van der Waals surface area contributed by atoms with E-state index in [9.17, 15) is 4.79 Å². The first-order chi connectivity index (χ1) is 10.4. The molecule has 6 heteroatoms. The Morgan fingerprint density at radius 2 is 2.00 bits per heavy atom. The number of nitrogens with two attached hydrogens (primary N) is 1. The summed E-state index contributed by atoms with van der Waals surface area (Å²) in [6, 6.07) is 0.177. The summed E-state index contributed by atoms with van der Waals surface area (Å²) in [6.07, 6.45) is 2.01. The molecule has 22 heavy (non-hydrogen) atoms. The van der Waals surface area contributed by atoms with Gasteiger partial charge in [0.15, 0.2) is 0 Å². The molecule has 0 aromatic carbocycles. The number of unbranched alkanes of at least 4 members (excludes halogenated alkanes) is 1. The second-order valence-corrected chi connectivity index (χ2v) is 6.82. The van der Waals surface area contributed by atoms with Crippen LogP contribution in [0, 0.1) is 0 Å². The standard InChI is InChI=1S/C16H33N3O3/c1-5-6-10-21-11-9-18-7-8-19(13-14(18)12-17)15(20)22-16(2,3)4/h14H,5-13,17H2,1-4H3. The van der Waals surface area contributed by atoms with Gasteiger partial charge in [0.05, 0.1) is 6.61 Å². The fourth-order valence-electron chi connectivity index (χ4n) is 2.43. The molecule has 0 saturated carbocycles. The third-order valence-electron chi connectivity index (χ3n) is 3.69. The van der Waals surface area contributed by atoms with Gasteiger partial charge in [0, 0.05) is 45.4 Å². The van der Waals surface area contributed by atoms with E-state index >= 15 is 0 Å². The lowest BCUT2D eigenvalue weighted by Crippen LogP contribution is -2.58. The molecule has 1 aliphatic heterocycles. The molecule has 0 aromatic rings. The van der Waals surface area contributed by atoms with Crippen LogP contribution in [0.15, 0.2) is 0 Å². The molecule has 0 spiro atoms. The normalized spacial score (nSPS) is 20.2. The highest BCUT2D eigenvalue weighted by molar-refractivity contribution is 5.68. The number of ether oxygens (including phenoxy) is 2. The lowest BCUT2D eigenvalue weighted by Gasteiger charge is -2.41. The van der Waals surface area contributed by atoms with Crippen LogP contribution in [0.1, 0.15) is 40.5 Å². The smallest absolute Gasteiger partial charge is 0.410 e. The van der Waals surface area contributed by atoms with Crippen molar-refractivity contribution in [3.05, 3.63) is 0 Å². The number of piperazine rings is 1. The Morgan fingerprint density at radius 1 is 1.27 bits per heavy atom. The summed E-state index contributed by atoms with van der Waals surface area (Å²) in [5.74, 6) is 0. The van der Waals surface area contributed by atoms with E-state index in [2.05, 4.69) is 11.8 Å². The van der Waals surface area contributed by atoms with Crippen molar-refractivity contribution in [2.45, 2.75) is 52.2 Å². The summed E-state index contributed by atoms with van der Waals surface area (Å²) in [7, 11) is 0. The third-order valence-corrected chi connectivity index (χ3v) is 3.69. The minimum absolute atomic E-state index is 0.177. The highest BCUT2D eigenvalue weighted by atomic mass is 16.6. The molecular formula is C16H33N3O3. The van der Waals surface area contributed by atoms with Crippen LogP contribution in [0.25, 0.3) is 0 Å². The van der Waals surface area contributed by atoms with Crippen LogP contribution in [0.3, 0.4) is 0 Å². The molecule has 1 rings (SSSR count). The Hall–Kier alpha value is -0.850. The lowest BCUT2D eigenvalue weighted by molar-refractivity contribution is -0.000477. The molecule has 1 unspecified atom stereocenters. The predicted molar refractivity (Wildman–Crippen MR) is 87.9 cm³/mol. The van der Waals surface area contributed by atoms with E-state index in [-0.39, 0.29) is 12.1 Å². The molecule has 0 bridgehead atoms. The molecule has 2 N–H and O–H groups in total. The highest BCUT2D eigenvalue weighted by Crippen LogP contribution is 2.14. The zero-order valence-electron chi connectivity index (χ0n) is 14.6. The van der Waals surface area contributed by atoms with Gasteiger partial charge >= 0.3 is 6.09 Å². The Bertz CT molecular complexity index is 331. The molecule has 1 atom stereocenters. The van der Waals surface area contributed by atoms with Crippen LogP contribution < -0.4 is 5.73 Å². The van der Waals surface area contributed by atoms with Crippen molar-refractivity contribution in [1.29, 1.82) is 0 Å². The van der Waals surface area contributed by atoms with Crippen molar-refractivity contribution in [2.75, 3.05) is 45.9 Å². The van der Waals surface area contributed by atoms with Gasteiger partial charge in [-0.2, -0.15) is 0 Å². The van der Waals surface area contributed by atoms with Crippen LogP contribution in [-0.4, -0.2) is 73.5 Å². The summed E-state index contributed by atoms with van der Waals surface area (Å²) in [6.45, 7) is 12.9. The number of amides is 1. The lowest BCUT2D eigenvalue weighted by atomic mass is 10.1. The zero-order valence-corrected chi connectivity index (χ0v) is 14.6. The van der Waals surface area contributed by atoms with Gasteiger partial charge in [0.2, 0.25) is 0 Å². The maximum absolute atomic E-state index is 12.1. The van der Waals surface area contributed by atoms with Crippen LogP contribution in [-0.2, 0) is 9.47 Å². The van der Waals surface area contributed by atoms with Crippen molar-refractivity contribution >= 4 is 6.09 Å². The molecule has 6 nitrogen and oxygen atoms in total. The number of hydrogen-bond donors (Lipinski definition) is 1. The fraction of sp³-hybridized carbons (Fsp3) is 0.938. The molecular weight excluding hydrogens is 282 g/mol. The van der Waals surface area contributed by atoms with Crippen LogP contribution >= 0.6 is 0 Å². The average molecular weight is 315 g/mol. The quantitative estimate of drug-likeness (QED) is 0.724.